The van der Waals surface area contributed by atoms with Crippen LogP contribution in [0.2, 0.25) is 0 Å². The average Bonchev–Trinajstić information content (AvgIpc) is 3.85. The summed E-state index contributed by atoms with van der Waals surface area (Å²) in [5.74, 6) is 0.911. The summed E-state index contributed by atoms with van der Waals surface area (Å²) >= 11 is 0. The molecule has 2 atom stereocenters. The van der Waals surface area contributed by atoms with Gasteiger partial charge in [0.15, 0.2) is 0 Å². The average molecular weight is 723 g/mol. The quantitative estimate of drug-likeness (QED) is 0.168. The Bertz CT molecular complexity index is 2890. The molecule has 4 nitrogen and oxygen atoms in total. The lowest BCUT2D eigenvalue weighted by atomic mass is 9.60. The van der Waals surface area contributed by atoms with Crippen LogP contribution in [0.1, 0.15) is 34.7 Å². The van der Waals surface area contributed by atoms with Crippen LogP contribution >= 0.6 is 0 Å². The summed E-state index contributed by atoms with van der Waals surface area (Å²) in [6.07, 6.45) is 16.4. The lowest BCUT2D eigenvalue weighted by molar-refractivity contribution is 0.210. The summed E-state index contributed by atoms with van der Waals surface area (Å²) in [4.78, 5) is 0. The molecule has 0 fully saturated rings. The van der Waals surface area contributed by atoms with Gasteiger partial charge in [-0.1, -0.05) is 140 Å². The molecule has 4 aliphatic rings. The van der Waals surface area contributed by atoms with Gasteiger partial charge in [-0.05, 0) is 88.4 Å². The highest BCUT2D eigenvalue weighted by Crippen LogP contribution is 2.64. The number of para-hydroxylation sites is 3. The van der Waals surface area contributed by atoms with Gasteiger partial charge in [-0.15, -0.1) is 0 Å². The zero-order valence-electron chi connectivity index (χ0n) is 30.9. The van der Waals surface area contributed by atoms with Crippen molar-refractivity contribution in [1.29, 1.82) is 0 Å². The third-order valence-corrected chi connectivity index (χ3v) is 12.3. The fraction of sp³-hybridized carbons (Fsp3) is 0.0769. The van der Waals surface area contributed by atoms with Crippen LogP contribution in [0.5, 0.6) is 5.75 Å². The predicted molar refractivity (Wildman–Crippen MR) is 230 cm³/mol. The van der Waals surface area contributed by atoms with E-state index < -0.39 is 10.8 Å². The molecule has 1 aromatic heterocycles. The lowest BCUT2D eigenvalue weighted by Gasteiger charge is -2.43. The Morgan fingerprint density at radius 3 is 2.18 bits per heavy atom. The van der Waals surface area contributed by atoms with Crippen molar-refractivity contribution in [3.8, 4) is 16.9 Å². The van der Waals surface area contributed by atoms with E-state index in [1.807, 2.05) is 30.5 Å². The first-order valence-electron chi connectivity index (χ1n) is 19.2. The van der Waals surface area contributed by atoms with Gasteiger partial charge in [0.05, 0.1) is 21.9 Å². The van der Waals surface area contributed by atoms with Crippen LogP contribution in [0.15, 0.2) is 204 Å². The van der Waals surface area contributed by atoms with Crippen molar-refractivity contribution in [2.24, 2.45) is 0 Å². The number of ether oxygens (including phenoxy) is 1. The Kier molecular flexibility index (Phi) is 7.08. The van der Waals surface area contributed by atoms with Crippen molar-refractivity contribution in [2.45, 2.75) is 23.9 Å². The highest BCUT2D eigenvalue weighted by molar-refractivity contribution is 6.15. The van der Waals surface area contributed by atoms with Gasteiger partial charge in [0, 0.05) is 34.1 Å². The molecule has 0 saturated heterocycles. The maximum absolute atomic E-state index is 7.18. The molecule has 7 aromatic rings. The Morgan fingerprint density at radius 2 is 1.39 bits per heavy atom. The molecule has 268 valence electrons. The van der Waals surface area contributed by atoms with Gasteiger partial charge in [0.2, 0.25) is 0 Å². The Labute approximate surface area is 326 Å². The van der Waals surface area contributed by atoms with Gasteiger partial charge in [-0.2, -0.15) is 0 Å². The van der Waals surface area contributed by atoms with Crippen LogP contribution in [0.3, 0.4) is 0 Å². The van der Waals surface area contributed by atoms with Crippen LogP contribution in [-0.2, 0) is 10.8 Å². The van der Waals surface area contributed by atoms with E-state index in [0.29, 0.717) is 0 Å². The Morgan fingerprint density at radius 1 is 0.696 bits per heavy atom. The second-order valence-corrected chi connectivity index (χ2v) is 15.1. The second kappa shape index (κ2) is 12.2. The van der Waals surface area contributed by atoms with E-state index in [0.717, 1.165) is 61.5 Å². The molecular weight excluding hydrogens is 685 g/mol. The molecule has 0 saturated carbocycles. The van der Waals surface area contributed by atoms with Gasteiger partial charge in [0.25, 0.3) is 0 Å². The third kappa shape index (κ3) is 4.35. The van der Waals surface area contributed by atoms with Crippen molar-refractivity contribution >= 4 is 39.4 Å². The van der Waals surface area contributed by atoms with E-state index >= 15 is 0 Å². The van der Waals surface area contributed by atoms with E-state index in [1.54, 1.807) is 6.08 Å². The first-order valence-corrected chi connectivity index (χ1v) is 19.2. The molecule has 2 heterocycles. The van der Waals surface area contributed by atoms with E-state index in [4.69, 9.17) is 9.15 Å². The number of allylic oxidation sites excluding steroid dienone is 6. The number of nitrogens with one attached hydrogen (secondary N) is 2. The number of fused-ring (bicyclic) bond motifs is 16. The van der Waals surface area contributed by atoms with Crippen molar-refractivity contribution in [3.05, 3.63) is 227 Å². The predicted octanol–water partition coefficient (Wildman–Crippen LogP) is 12.6. The number of hydrogen-bond acceptors (Lipinski definition) is 4. The summed E-state index contributed by atoms with van der Waals surface area (Å²) in [7, 11) is 0. The first-order chi connectivity index (χ1) is 27.6. The molecule has 2 N–H and O–H groups in total. The van der Waals surface area contributed by atoms with Gasteiger partial charge >= 0.3 is 0 Å². The molecule has 4 heteroatoms. The number of anilines is 2. The number of hydrogen-bond donors (Lipinski definition) is 2. The van der Waals surface area contributed by atoms with Gasteiger partial charge in [0.1, 0.15) is 23.0 Å². The number of furan rings is 1. The molecule has 1 aliphatic heterocycles. The normalized spacial score (nSPS) is 19.6. The maximum Gasteiger partial charge on any atom is 0.145 e. The van der Waals surface area contributed by atoms with Crippen molar-refractivity contribution < 1.29 is 9.15 Å². The molecular formula is C52H38N2O2. The first kappa shape index (κ1) is 32.4. The largest absolute Gasteiger partial charge is 0.484 e. The SMILES string of the molecule is C=C/C=C\C=C/Nc1cc2c(c3oc4ccccc4c13)C=CC1=C(C=C(Nc3ccccc3)C3(C)c4ccccc4OC13)C21c2ccccc2-c2ccccc21. The monoisotopic (exact) mass is 722 g/mol. The summed E-state index contributed by atoms with van der Waals surface area (Å²) in [6.45, 7) is 6.16. The van der Waals surface area contributed by atoms with Crippen LogP contribution in [0, 0.1) is 0 Å². The molecule has 0 radical (unpaired) electrons. The smallest absolute Gasteiger partial charge is 0.145 e. The zero-order valence-corrected chi connectivity index (χ0v) is 30.9. The molecule has 0 amide bonds. The van der Waals surface area contributed by atoms with Gasteiger partial charge in [-0.25, -0.2) is 0 Å². The fourth-order valence-corrected chi connectivity index (χ4v) is 9.89. The summed E-state index contributed by atoms with van der Waals surface area (Å²) in [5.41, 5.74) is 14.2. The van der Waals surface area contributed by atoms with Crippen molar-refractivity contribution in [1.82, 2.24) is 0 Å². The van der Waals surface area contributed by atoms with E-state index in [-0.39, 0.29) is 6.10 Å². The highest BCUT2D eigenvalue weighted by Gasteiger charge is 2.57. The topological polar surface area (TPSA) is 46.4 Å². The van der Waals surface area contributed by atoms with E-state index in [2.05, 4.69) is 170 Å². The number of rotatable bonds is 6. The molecule has 56 heavy (non-hydrogen) atoms. The molecule has 11 rings (SSSR count). The standard InChI is InChI=1S/C52H38N2O2/c1-3-4-5-17-30-53-44-31-42-36(49-48(44)38-22-11-15-26-45(38)55-49)28-29-37-43(52(42)39-23-12-9-20-34(39)35-21-10-13-24-40(35)52)32-47(54-33-18-7-6-8-19-33)51(2)41-25-14-16-27-46(41)56-50(37)51/h3-32,50,53-54H,1H2,2H3/b5-4-,30-17-. The molecule has 1 spiro atoms. The molecule has 3 aliphatic carbocycles. The maximum atomic E-state index is 7.18. The zero-order chi connectivity index (χ0) is 37.4. The highest BCUT2D eigenvalue weighted by atomic mass is 16.5. The summed E-state index contributed by atoms with van der Waals surface area (Å²) in [6, 6.07) is 47.6. The van der Waals surface area contributed by atoms with Gasteiger partial charge < -0.3 is 19.8 Å². The number of benzene rings is 6. The van der Waals surface area contributed by atoms with Crippen molar-refractivity contribution in [3.63, 3.8) is 0 Å². The second-order valence-electron chi connectivity index (χ2n) is 15.1. The van der Waals surface area contributed by atoms with Crippen LogP contribution in [0.4, 0.5) is 11.4 Å². The van der Waals surface area contributed by atoms with E-state index in [1.165, 1.54) is 33.4 Å². The van der Waals surface area contributed by atoms with Crippen LogP contribution in [-0.4, -0.2) is 6.10 Å². The fourth-order valence-electron chi connectivity index (χ4n) is 9.89. The molecule has 2 unspecified atom stereocenters. The van der Waals surface area contributed by atoms with Crippen molar-refractivity contribution in [2.75, 3.05) is 10.6 Å². The minimum atomic E-state index is -0.736. The minimum absolute atomic E-state index is 0.309. The van der Waals surface area contributed by atoms with Gasteiger partial charge in [-0.3, -0.25) is 0 Å². The van der Waals surface area contributed by atoms with E-state index in [9.17, 15) is 0 Å². The minimum Gasteiger partial charge on any atom is -0.484 e. The van der Waals surface area contributed by atoms with Crippen LogP contribution < -0.4 is 15.4 Å². The lowest BCUT2D eigenvalue weighted by Crippen LogP contribution is -2.45. The summed E-state index contributed by atoms with van der Waals surface area (Å²) in [5, 5.41) is 9.75. The third-order valence-electron chi connectivity index (χ3n) is 12.3. The molecule has 0 bridgehead atoms. The summed E-state index contributed by atoms with van der Waals surface area (Å²) < 4.78 is 14.1. The Hall–Kier alpha value is -7.04. The van der Waals surface area contributed by atoms with Crippen LogP contribution in [0.25, 0.3) is 39.1 Å². The molecule has 6 aromatic carbocycles. The Balaban J connectivity index is 1.28.